The highest BCUT2D eigenvalue weighted by Gasteiger charge is 2.30. The first kappa shape index (κ1) is 14.5. The number of hydrogen-bond donors (Lipinski definition) is 2. The van der Waals surface area contributed by atoms with Gasteiger partial charge in [0.15, 0.2) is 5.75 Å². The van der Waals surface area contributed by atoms with E-state index in [4.69, 9.17) is 4.74 Å². The summed E-state index contributed by atoms with van der Waals surface area (Å²) in [5.74, 6) is 0.213. The number of ether oxygens (including phenoxy) is 1. The normalized spacial score (nSPS) is 22.1. The van der Waals surface area contributed by atoms with Gasteiger partial charge in [0.2, 0.25) is 0 Å². The number of rotatable bonds is 5. The minimum Gasteiger partial charge on any atom is -0.487 e. The van der Waals surface area contributed by atoms with E-state index in [0.29, 0.717) is 25.4 Å². The maximum absolute atomic E-state index is 11.0. The van der Waals surface area contributed by atoms with Crippen LogP contribution in [0.2, 0.25) is 0 Å². The summed E-state index contributed by atoms with van der Waals surface area (Å²) in [4.78, 5) is 12.2. The summed E-state index contributed by atoms with van der Waals surface area (Å²) in [6.07, 6.45) is -0.849. The first-order valence-electron chi connectivity index (χ1n) is 6.55. The lowest BCUT2D eigenvalue weighted by Crippen LogP contribution is -2.22. The Morgan fingerprint density at radius 3 is 2.60 bits per heavy atom. The molecular formula is C13H18N2O5. The van der Waals surface area contributed by atoms with Gasteiger partial charge in [-0.15, -0.1) is 0 Å². The van der Waals surface area contributed by atoms with Gasteiger partial charge in [0.05, 0.1) is 23.7 Å². The van der Waals surface area contributed by atoms with Gasteiger partial charge in [-0.25, -0.2) is 0 Å². The van der Waals surface area contributed by atoms with Crippen molar-refractivity contribution in [1.29, 1.82) is 0 Å². The minimum atomic E-state index is -0.801. The number of nitro benzene ring substituents is 1. The van der Waals surface area contributed by atoms with E-state index in [2.05, 4.69) is 0 Å². The van der Waals surface area contributed by atoms with Crippen LogP contribution in [0.15, 0.2) is 18.2 Å². The average molecular weight is 282 g/mol. The fourth-order valence-electron chi connectivity index (χ4n) is 2.16. The molecule has 0 bridgehead atoms. The van der Waals surface area contributed by atoms with Crippen LogP contribution in [0, 0.1) is 10.1 Å². The Hall–Kier alpha value is -1.86. The molecule has 0 radical (unpaired) electrons. The van der Waals surface area contributed by atoms with Crippen LogP contribution in [-0.4, -0.2) is 47.0 Å². The van der Waals surface area contributed by atoms with Gasteiger partial charge in [-0.3, -0.25) is 10.1 Å². The van der Waals surface area contributed by atoms with Gasteiger partial charge in [-0.1, -0.05) is 6.92 Å². The van der Waals surface area contributed by atoms with E-state index in [1.807, 2.05) is 6.92 Å². The number of aliphatic hydroxyl groups is 2. The Labute approximate surface area is 116 Å². The van der Waals surface area contributed by atoms with Crippen LogP contribution in [0.25, 0.3) is 0 Å². The topological polar surface area (TPSA) is 96.1 Å². The molecule has 2 atom stereocenters. The zero-order chi connectivity index (χ0) is 14.7. The minimum absolute atomic E-state index is 0.0810. The Balaban J connectivity index is 2.25. The van der Waals surface area contributed by atoms with Crippen LogP contribution in [0.4, 0.5) is 11.4 Å². The summed E-state index contributed by atoms with van der Waals surface area (Å²) in [5.41, 5.74) is 0.611. The third kappa shape index (κ3) is 3.00. The second-order valence-electron chi connectivity index (χ2n) is 4.80. The number of hydrogen-bond acceptors (Lipinski definition) is 6. The molecular weight excluding hydrogens is 264 g/mol. The molecule has 2 unspecified atom stereocenters. The van der Waals surface area contributed by atoms with Crippen molar-refractivity contribution < 1.29 is 19.9 Å². The van der Waals surface area contributed by atoms with E-state index in [9.17, 15) is 20.3 Å². The summed E-state index contributed by atoms with van der Waals surface area (Å²) < 4.78 is 5.41. The predicted octanol–water partition coefficient (Wildman–Crippen LogP) is 0.925. The summed E-state index contributed by atoms with van der Waals surface area (Å²) in [5, 5.41) is 30.1. The number of nitro groups is 1. The fraction of sp³-hybridized carbons (Fsp3) is 0.538. The first-order chi connectivity index (χ1) is 9.52. The lowest BCUT2D eigenvalue weighted by Gasteiger charge is -2.18. The zero-order valence-electron chi connectivity index (χ0n) is 11.2. The zero-order valence-corrected chi connectivity index (χ0v) is 11.2. The molecule has 1 aliphatic heterocycles. The van der Waals surface area contributed by atoms with Gasteiger partial charge in [-0.05, 0) is 12.5 Å². The summed E-state index contributed by atoms with van der Waals surface area (Å²) in [6.45, 7) is 2.91. The molecule has 0 aromatic heterocycles. The predicted molar refractivity (Wildman–Crippen MR) is 73.1 cm³/mol. The SMILES string of the molecule is CCCOc1cc(N2CC(O)C(O)C2)ccc1[N+](=O)[O-]. The van der Waals surface area contributed by atoms with Crippen LogP contribution in [0.5, 0.6) is 5.75 Å². The fourth-order valence-corrected chi connectivity index (χ4v) is 2.16. The molecule has 1 fully saturated rings. The lowest BCUT2D eigenvalue weighted by atomic mass is 10.2. The maximum atomic E-state index is 11.0. The molecule has 20 heavy (non-hydrogen) atoms. The first-order valence-corrected chi connectivity index (χ1v) is 6.55. The molecule has 2 N–H and O–H groups in total. The molecule has 110 valence electrons. The molecule has 7 heteroatoms. The molecule has 0 spiro atoms. The van der Waals surface area contributed by atoms with Crippen LogP contribution < -0.4 is 9.64 Å². The molecule has 0 amide bonds. The third-order valence-corrected chi connectivity index (χ3v) is 3.23. The smallest absolute Gasteiger partial charge is 0.311 e. The van der Waals surface area contributed by atoms with Crippen molar-refractivity contribution in [2.24, 2.45) is 0 Å². The van der Waals surface area contributed by atoms with Gasteiger partial charge in [-0.2, -0.15) is 0 Å². The van der Waals surface area contributed by atoms with Crippen molar-refractivity contribution in [3.05, 3.63) is 28.3 Å². The van der Waals surface area contributed by atoms with Gasteiger partial charge in [0, 0.05) is 30.9 Å². The Bertz CT molecular complexity index is 484. The molecule has 0 saturated carbocycles. The number of benzene rings is 1. The quantitative estimate of drug-likeness (QED) is 0.616. The van der Waals surface area contributed by atoms with Gasteiger partial charge < -0.3 is 19.8 Å². The highest BCUT2D eigenvalue weighted by molar-refractivity contribution is 5.60. The second kappa shape index (κ2) is 6.06. The van der Waals surface area contributed by atoms with E-state index >= 15 is 0 Å². The standard InChI is InChI=1S/C13H18N2O5/c1-2-5-20-13-6-9(3-4-10(13)15(18)19)14-7-11(16)12(17)8-14/h3-4,6,11-12,16-17H,2,5,7-8H2,1H3. The molecule has 1 aromatic rings. The molecule has 0 aliphatic carbocycles. The number of anilines is 1. The molecule has 7 nitrogen and oxygen atoms in total. The molecule has 1 aliphatic rings. The second-order valence-corrected chi connectivity index (χ2v) is 4.80. The monoisotopic (exact) mass is 282 g/mol. The third-order valence-electron chi connectivity index (χ3n) is 3.23. The lowest BCUT2D eigenvalue weighted by molar-refractivity contribution is -0.385. The van der Waals surface area contributed by atoms with E-state index in [1.165, 1.54) is 6.07 Å². The van der Waals surface area contributed by atoms with Crippen molar-refractivity contribution in [2.45, 2.75) is 25.6 Å². The van der Waals surface area contributed by atoms with E-state index < -0.39 is 17.1 Å². The Morgan fingerprint density at radius 2 is 2.05 bits per heavy atom. The largest absolute Gasteiger partial charge is 0.487 e. The average Bonchev–Trinajstić information content (AvgIpc) is 2.76. The number of aliphatic hydroxyl groups excluding tert-OH is 2. The van der Waals surface area contributed by atoms with Crippen molar-refractivity contribution in [3.63, 3.8) is 0 Å². The number of nitrogens with zero attached hydrogens (tertiary/aromatic N) is 2. The van der Waals surface area contributed by atoms with Crippen molar-refractivity contribution >= 4 is 11.4 Å². The summed E-state index contributed by atoms with van der Waals surface area (Å²) in [7, 11) is 0. The molecule has 1 saturated heterocycles. The highest BCUT2D eigenvalue weighted by atomic mass is 16.6. The van der Waals surface area contributed by atoms with Crippen LogP contribution in [0.1, 0.15) is 13.3 Å². The Morgan fingerprint density at radius 1 is 1.40 bits per heavy atom. The number of β-amino-alcohol motifs (C(OH)–C–C–N with tert-alkyl or cyclic N) is 2. The molecule has 1 heterocycles. The van der Waals surface area contributed by atoms with E-state index in [-0.39, 0.29) is 11.4 Å². The van der Waals surface area contributed by atoms with Gasteiger partial charge in [0.1, 0.15) is 0 Å². The molecule has 1 aromatic carbocycles. The van der Waals surface area contributed by atoms with Crippen molar-refractivity contribution in [1.82, 2.24) is 0 Å². The Kier molecular flexibility index (Phi) is 4.41. The van der Waals surface area contributed by atoms with Crippen LogP contribution >= 0.6 is 0 Å². The van der Waals surface area contributed by atoms with Crippen LogP contribution in [0.3, 0.4) is 0 Å². The van der Waals surface area contributed by atoms with E-state index in [1.54, 1.807) is 17.0 Å². The molecule has 2 rings (SSSR count). The van der Waals surface area contributed by atoms with Gasteiger partial charge in [0.25, 0.3) is 0 Å². The summed E-state index contributed by atoms with van der Waals surface area (Å²) >= 11 is 0. The maximum Gasteiger partial charge on any atom is 0.311 e. The van der Waals surface area contributed by atoms with Crippen molar-refractivity contribution in [3.8, 4) is 5.75 Å². The van der Waals surface area contributed by atoms with Gasteiger partial charge >= 0.3 is 5.69 Å². The highest BCUT2D eigenvalue weighted by Crippen LogP contribution is 2.33. The van der Waals surface area contributed by atoms with E-state index in [0.717, 1.165) is 6.42 Å². The van der Waals surface area contributed by atoms with Crippen LogP contribution in [-0.2, 0) is 0 Å². The summed E-state index contributed by atoms with van der Waals surface area (Å²) in [6, 6.07) is 4.57. The van der Waals surface area contributed by atoms with Crippen molar-refractivity contribution in [2.75, 3.05) is 24.6 Å².